The Morgan fingerprint density at radius 1 is 1.18 bits per heavy atom. The van der Waals surface area contributed by atoms with Crippen LogP contribution in [0.15, 0.2) is 28.1 Å². The first-order chi connectivity index (χ1) is 15.7. The van der Waals surface area contributed by atoms with Crippen LogP contribution >= 0.6 is 0 Å². The fourth-order valence-electron chi connectivity index (χ4n) is 4.27. The number of fused-ring (bicyclic) bond motifs is 1. The molecule has 33 heavy (non-hydrogen) atoms. The smallest absolute Gasteiger partial charge is 0.242 e. The number of aromatic nitrogens is 6. The van der Waals surface area contributed by atoms with E-state index in [-0.39, 0.29) is 17.4 Å². The maximum atomic E-state index is 13.2. The summed E-state index contributed by atoms with van der Waals surface area (Å²) in [6.45, 7) is 2.07. The molecule has 176 valence electrons. The van der Waals surface area contributed by atoms with E-state index in [4.69, 9.17) is 5.14 Å². The summed E-state index contributed by atoms with van der Waals surface area (Å²) < 4.78 is 54.7. The normalized spacial score (nSPS) is 19.1. The maximum Gasteiger partial charge on any atom is 0.242 e. The Bertz CT molecular complexity index is 1380. The zero-order valence-electron chi connectivity index (χ0n) is 17.3. The lowest BCUT2D eigenvalue weighted by atomic mass is 10.0. The molecule has 0 radical (unpaired) electrons. The molecule has 1 aromatic carbocycles. The average molecular weight is 495 g/mol. The molecule has 0 bridgehead atoms. The number of anilines is 1. The van der Waals surface area contributed by atoms with Crippen molar-refractivity contribution in [3.8, 4) is 11.4 Å². The predicted octanol–water partition coefficient (Wildman–Crippen LogP) is -1.56. The minimum atomic E-state index is -4.51. The first-order valence-corrected chi connectivity index (χ1v) is 13.2. The fourth-order valence-corrected chi connectivity index (χ4v) is 7.14. The minimum absolute atomic E-state index is 0.00173. The third kappa shape index (κ3) is 4.10. The SMILES string of the molecule is NS(=O)(=O)c1c(S(=O)(=O)N[C@@H]2CCNC2)ccc(N2CCc3[nH]ncc3C2)c1-c1nnn[nH]1. The molecule has 2 aromatic heterocycles. The second kappa shape index (κ2) is 8.14. The molecule has 0 aliphatic carbocycles. The lowest BCUT2D eigenvalue weighted by Gasteiger charge is -2.31. The number of tetrazole rings is 1. The molecule has 1 atom stereocenters. The summed E-state index contributed by atoms with van der Waals surface area (Å²) in [6.07, 6.45) is 2.93. The molecule has 1 saturated heterocycles. The highest BCUT2D eigenvalue weighted by molar-refractivity contribution is 7.92. The number of hydrogen-bond acceptors (Lipinski definition) is 10. The van der Waals surface area contributed by atoms with E-state index in [1.807, 2.05) is 4.90 Å². The highest BCUT2D eigenvalue weighted by Crippen LogP contribution is 2.39. The standard InChI is InChI=1S/C17H22N10O4S2/c18-32(28,29)16-14(33(30,31)24-11-3-5-19-8-11)2-1-13(15(16)17-22-25-26-23-17)27-6-4-12-10(9-27)7-20-21-12/h1-2,7,11,19,24H,3-6,8-9H2,(H,20,21)(H2,18,28,29)(H,22,23,25,26)/t11-/m1/s1. The lowest BCUT2D eigenvalue weighted by molar-refractivity contribution is 0.555. The number of nitrogens with zero attached hydrogens (tertiary/aromatic N) is 5. The Balaban J connectivity index is 1.69. The van der Waals surface area contributed by atoms with Crippen molar-refractivity contribution in [1.82, 2.24) is 40.9 Å². The molecule has 4 heterocycles. The second-order valence-corrected chi connectivity index (χ2v) is 11.1. The van der Waals surface area contributed by atoms with E-state index in [1.54, 1.807) is 12.3 Å². The van der Waals surface area contributed by atoms with Crippen LogP contribution in [0.5, 0.6) is 0 Å². The van der Waals surface area contributed by atoms with Crippen molar-refractivity contribution < 1.29 is 16.8 Å². The largest absolute Gasteiger partial charge is 0.366 e. The van der Waals surface area contributed by atoms with Gasteiger partial charge >= 0.3 is 0 Å². The molecule has 5 rings (SSSR count). The van der Waals surface area contributed by atoms with Crippen LogP contribution in [0.25, 0.3) is 11.4 Å². The van der Waals surface area contributed by atoms with E-state index < -0.39 is 29.8 Å². The molecule has 0 amide bonds. The van der Waals surface area contributed by atoms with E-state index >= 15 is 0 Å². The maximum absolute atomic E-state index is 13.2. The molecule has 2 aliphatic rings. The van der Waals surface area contributed by atoms with Gasteiger partial charge in [0.05, 0.1) is 11.8 Å². The Hall–Kier alpha value is -2.92. The fraction of sp³-hybridized carbons (Fsp3) is 0.412. The minimum Gasteiger partial charge on any atom is -0.366 e. The molecule has 0 spiro atoms. The highest BCUT2D eigenvalue weighted by Gasteiger charge is 2.35. The van der Waals surface area contributed by atoms with Crippen LogP contribution in [0.4, 0.5) is 5.69 Å². The van der Waals surface area contributed by atoms with Gasteiger partial charge in [0.2, 0.25) is 20.0 Å². The van der Waals surface area contributed by atoms with E-state index in [1.165, 1.54) is 6.07 Å². The Morgan fingerprint density at radius 2 is 2.03 bits per heavy atom. The van der Waals surface area contributed by atoms with Crippen molar-refractivity contribution in [3.63, 3.8) is 0 Å². The van der Waals surface area contributed by atoms with Crippen LogP contribution in [0.3, 0.4) is 0 Å². The van der Waals surface area contributed by atoms with Crippen molar-refractivity contribution in [3.05, 3.63) is 29.6 Å². The van der Waals surface area contributed by atoms with Gasteiger partial charge in [-0.3, -0.25) is 5.10 Å². The molecule has 2 aliphatic heterocycles. The molecule has 14 nitrogen and oxygen atoms in total. The number of nitrogens with two attached hydrogens (primary N) is 1. The Kier molecular flexibility index (Phi) is 5.40. The Morgan fingerprint density at radius 3 is 2.73 bits per heavy atom. The Labute approximate surface area is 189 Å². The number of nitrogens with one attached hydrogen (secondary N) is 4. The zero-order chi connectivity index (χ0) is 23.2. The topological polar surface area (TPSA) is 205 Å². The quantitative estimate of drug-likeness (QED) is 0.266. The van der Waals surface area contributed by atoms with E-state index in [0.717, 1.165) is 11.3 Å². The van der Waals surface area contributed by atoms with Crippen LogP contribution in [-0.4, -0.2) is 73.3 Å². The predicted molar refractivity (Wildman–Crippen MR) is 116 cm³/mol. The van der Waals surface area contributed by atoms with Gasteiger partial charge in [-0.05, 0) is 35.5 Å². The van der Waals surface area contributed by atoms with Gasteiger partial charge in [-0.2, -0.15) is 5.10 Å². The first-order valence-electron chi connectivity index (χ1n) is 10.2. The summed E-state index contributed by atoms with van der Waals surface area (Å²) in [5.41, 5.74) is 2.38. The summed E-state index contributed by atoms with van der Waals surface area (Å²) in [7, 11) is -8.74. The number of sulfonamides is 2. The van der Waals surface area contributed by atoms with Crippen LogP contribution in [0, 0.1) is 0 Å². The molecule has 6 N–H and O–H groups in total. The van der Waals surface area contributed by atoms with Gasteiger partial charge in [-0.1, -0.05) is 0 Å². The van der Waals surface area contributed by atoms with Crippen molar-refractivity contribution in [2.45, 2.75) is 35.2 Å². The lowest BCUT2D eigenvalue weighted by Crippen LogP contribution is -2.37. The third-order valence-electron chi connectivity index (χ3n) is 5.78. The van der Waals surface area contributed by atoms with Crippen molar-refractivity contribution >= 4 is 25.7 Å². The van der Waals surface area contributed by atoms with E-state index in [0.29, 0.717) is 44.7 Å². The summed E-state index contributed by atoms with van der Waals surface area (Å²) in [6, 6.07) is 2.46. The molecule has 1 fully saturated rings. The van der Waals surface area contributed by atoms with Crippen LogP contribution < -0.4 is 20.1 Å². The molecular formula is C17H22N10O4S2. The molecule has 16 heteroatoms. The van der Waals surface area contributed by atoms with Gasteiger partial charge in [0.1, 0.15) is 9.79 Å². The molecule has 3 aromatic rings. The summed E-state index contributed by atoms with van der Waals surface area (Å²) in [4.78, 5) is 0.901. The number of primary sulfonamides is 1. The van der Waals surface area contributed by atoms with E-state index in [9.17, 15) is 16.8 Å². The van der Waals surface area contributed by atoms with Crippen LogP contribution in [0.1, 0.15) is 17.7 Å². The molecular weight excluding hydrogens is 472 g/mol. The first kappa shape index (κ1) is 21.9. The van der Waals surface area contributed by atoms with Gasteiger partial charge < -0.3 is 10.2 Å². The monoisotopic (exact) mass is 494 g/mol. The van der Waals surface area contributed by atoms with Gasteiger partial charge in [0, 0.05) is 49.0 Å². The molecule has 0 saturated carbocycles. The molecule has 0 unspecified atom stereocenters. The number of benzene rings is 1. The van der Waals surface area contributed by atoms with Crippen molar-refractivity contribution in [2.75, 3.05) is 24.5 Å². The highest BCUT2D eigenvalue weighted by atomic mass is 32.2. The number of H-pyrrole nitrogens is 2. The second-order valence-electron chi connectivity index (χ2n) is 7.94. The van der Waals surface area contributed by atoms with Crippen LogP contribution in [0.2, 0.25) is 0 Å². The summed E-state index contributed by atoms with van der Waals surface area (Å²) in [5, 5.41) is 29.2. The van der Waals surface area contributed by atoms with Crippen molar-refractivity contribution in [2.24, 2.45) is 5.14 Å². The summed E-state index contributed by atoms with van der Waals surface area (Å²) >= 11 is 0. The number of hydrogen-bond donors (Lipinski definition) is 5. The number of rotatable bonds is 6. The van der Waals surface area contributed by atoms with Crippen LogP contribution in [-0.2, 0) is 33.0 Å². The van der Waals surface area contributed by atoms with Gasteiger partial charge in [-0.15, -0.1) is 5.10 Å². The van der Waals surface area contributed by atoms with Gasteiger partial charge in [-0.25, -0.2) is 31.8 Å². The zero-order valence-corrected chi connectivity index (χ0v) is 18.9. The van der Waals surface area contributed by atoms with E-state index in [2.05, 4.69) is 40.9 Å². The third-order valence-corrected chi connectivity index (χ3v) is 8.46. The van der Waals surface area contributed by atoms with Gasteiger partial charge in [0.25, 0.3) is 0 Å². The summed E-state index contributed by atoms with van der Waals surface area (Å²) in [5.74, 6) is -0.00778. The van der Waals surface area contributed by atoms with Crippen molar-refractivity contribution in [1.29, 1.82) is 0 Å². The van der Waals surface area contributed by atoms with Gasteiger partial charge in [0.15, 0.2) is 5.82 Å². The number of aromatic amines is 2. The average Bonchev–Trinajstić information content (AvgIpc) is 3.53.